The second-order valence-electron chi connectivity index (χ2n) is 9.23. The quantitative estimate of drug-likeness (QED) is 0.657. The van der Waals surface area contributed by atoms with E-state index in [1.807, 2.05) is 7.05 Å². The van der Waals surface area contributed by atoms with Gasteiger partial charge in [-0.25, -0.2) is 4.39 Å². The summed E-state index contributed by atoms with van der Waals surface area (Å²) < 4.78 is 14.1. The summed E-state index contributed by atoms with van der Waals surface area (Å²) in [5, 5.41) is 3.58. The molecule has 0 spiro atoms. The third kappa shape index (κ3) is 5.33. The van der Waals surface area contributed by atoms with Crippen LogP contribution in [0.25, 0.3) is 6.08 Å². The van der Waals surface area contributed by atoms with E-state index in [1.165, 1.54) is 38.2 Å². The summed E-state index contributed by atoms with van der Waals surface area (Å²) in [6.07, 6.45) is 12.6. The Bertz CT molecular complexity index is 835. The summed E-state index contributed by atoms with van der Waals surface area (Å²) in [5.74, 6) is -0.249. The smallest absolute Gasteiger partial charge is 0.260 e. The van der Waals surface area contributed by atoms with Crippen LogP contribution in [0.3, 0.4) is 0 Å². The molecule has 0 aromatic heterocycles. The van der Waals surface area contributed by atoms with Crippen molar-refractivity contribution in [1.82, 2.24) is 10.2 Å². The maximum Gasteiger partial charge on any atom is 0.260 e. The molecule has 4 rings (SSSR count). The van der Waals surface area contributed by atoms with E-state index < -0.39 is 0 Å². The summed E-state index contributed by atoms with van der Waals surface area (Å²) in [6, 6.07) is 6.89. The molecular formula is C25H33FN2O2S. The van der Waals surface area contributed by atoms with Gasteiger partial charge in [-0.15, -0.1) is 11.8 Å². The highest BCUT2D eigenvalue weighted by atomic mass is 32.2. The molecule has 3 aliphatic rings. The Morgan fingerprint density at radius 1 is 1.10 bits per heavy atom. The zero-order valence-corrected chi connectivity index (χ0v) is 19.1. The van der Waals surface area contributed by atoms with Gasteiger partial charge >= 0.3 is 0 Å². The minimum atomic E-state index is -0.317. The number of carbonyl (C=O) groups is 2. The Morgan fingerprint density at radius 3 is 2.55 bits per heavy atom. The molecule has 0 radical (unpaired) electrons. The van der Waals surface area contributed by atoms with Gasteiger partial charge in [-0.1, -0.05) is 50.3 Å². The minimum absolute atomic E-state index is 0.0281. The van der Waals surface area contributed by atoms with Gasteiger partial charge in [-0.3, -0.25) is 9.59 Å². The predicted octanol–water partition coefficient (Wildman–Crippen LogP) is 5.14. The maximum absolute atomic E-state index is 14.1. The first-order chi connectivity index (χ1) is 15.0. The normalized spacial score (nSPS) is 29.2. The SMILES string of the molecule is CN1C(=O)/C(=C/c2ccccc2F)SC2CCC(C(=O)NC3CCCCCCC3)CC21. The van der Waals surface area contributed by atoms with Gasteiger partial charge < -0.3 is 10.2 Å². The zero-order valence-electron chi connectivity index (χ0n) is 18.3. The standard InChI is InChI=1S/C25H33FN2O2S/c1-28-21-15-18(24(29)27-19-10-5-3-2-4-6-11-19)13-14-22(21)31-23(25(28)30)16-17-9-7-8-12-20(17)26/h7-9,12,16,18-19,21-22H,2-6,10-11,13-15H2,1H3,(H,27,29)/b23-16-. The average molecular weight is 445 g/mol. The van der Waals surface area contributed by atoms with Crippen LogP contribution < -0.4 is 5.32 Å². The molecule has 168 valence electrons. The molecule has 1 aromatic rings. The maximum atomic E-state index is 14.1. The highest BCUT2D eigenvalue weighted by molar-refractivity contribution is 8.04. The fourth-order valence-corrected chi connectivity index (χ4v) is 6.66. The molecular weight excluding hydrogens is 411 g/mol. The van der Waals surface area contributed by atoms with Crippen molar-refractivity contribution in [3.63, 3.8) is 0 Å². The molecule has 3 fully saturated rings. The molecule has 1 aromatic carbocycles. The molecule has 2 saturated carbocycles. The monoisotopic (exact) mass is 444 g/mol. The number of nitrogens with one attached hydrogen (secondary N) is 1. The van der Waals surface area contributed by atoms with Crippen molar-refractivity contribution in [2.45, 2.75) is 81.5 Å². The third-order valence-electron chi connectivity index (χ3n) is 7.08. The topological polar surface area (TPSA) is 49.4 Å². The van der Waals surface area contributed by atoms with Crippen LogP contribution in [0, 0.1) is 11.7 Å². The van der Waals surface area contributed by atoms with Gasteiger partial charge in [0.05, 0.1) is 4.91 Å². The van der Waals surface area contributed by atoms with Crippen molar-refractivity contribution in [1.29, 1.82) is 0 Å². The lowest BCUT2D eigenvalue weighted by Crippen LogP contribution is -2.53. The Kier molecular flexibility index (Phi) is 7.36. The van der Waals surface area contributed by atoms with Gasteiger partial charge in [0.25, 0.3) is 5.91 Å². The van der Waals surface area contributed by atoms with Gasteiger partial charge in [0.15, 0.2) is 0 Å². The summed E-state index contributed by atoms with van der Waals surface area (Å²) in [6.45, 7) is 0. The van der Waals surface area contributed by atoms with Crippen LogP contribution in [0.15, 0.2) is 29.2 Å². The molecule has 4 nitrogen and oxygen atoms in total. The largest absolute Gasteiger partial charge is 0.353 e. The molecule has 1 heterocycles. The molecule has 31 heavy (non-hydrogen) atoms. The number of carbonyl (C=O) groups excluding carboxylic acids is 2. The number of amides is 2. The number of benzene rings is 1. The Morgan fingerprint density at radius 2 is 1.81 bits per heavy atom. The van der Waals surface area contributed by atoms with Crippen molar-refractivity contribution < 1.29 is 14.0 Å². The lowest BCUT2D eigenvalue weighted by molar-refractivity contribution is -0.132. The van der Waals surface area contributed by atoms with Crippen molar-refractivity contribution in [2.75, 3.05) is 7.05 Å². The van der Waals surface area contributed by atoms with Gasteiger partial charge in [0.1, 0.15) is 5.82 Å². The minimum Gasteiger partial charge on any atom is -0.353 e. The highest BCUT2D eigenvalue weighted by Crippen LogP contribution is 2.43. The summed E-state index contributed by atoms with van der Waals surface area (Å²) in [4.78, 5) is 28.3. The molecule has 2 amide bonds. The Hall–Kier alpha value is -1.82. The van der Waals surface area contributed by atoms with Crippen molar-refractivity contribution in [3.8, 4) is 0 Å². The number of thioether (sulfide) groups is 1. The van der Waals surface area contributed by atoms with E-state index in [0.717, 1.165) is 25.7 Å². The number of rotatable bonds is 3. The molecule has 3 unspecified atom stereocenters. The Labute approximate surface area is 189 Å². The van der Waals surface area contributed by atoms with E-state index in [9.17, 15) is 14.0 Å². The fraction of sp³-hybridized carbons (Fsp3) is 0.600. The molecule has 0 bridgehead atoms. The van der Waals surface area contributed by atoms with E-state index in [2.05, 4.69) is 5.32 Å². The van der Waals surface area contributed by atoms with Crippen LogP contribution in [-0.4, -0.2) is 41.1 Å². The van der Waals surface area contributed by atoms with Gasteiger partial charge in [0, 0.05) is 35.9 Å². The van der Waals surface area contributed by atoms with Crippen LogP contribution in [0.5, 0.6) is 0 Å². The van der Waals surface area contributed by atoms with Crippen molar-refractivity contribution in [2.24, 2.45) is 5.92 Å². The summed E-state index contributed by atoms with van der Waals surface area (Å²) in [5.41, 5.74) is 0.442. The average Bonchev–Trinajstić information content (AvgIpc) is 2.75. The van der Waals surface area contributed by atoms with Crippen molar-refractivity contribution >= 4 is 29.7 Å². The number of hydrogen-bond acceptors (Lipinski definition) is 3. The first-order valence-corrected chi connectivity index (χ1v) is 12.6. The number of fused-ring (bicyclic) bond motifs is 1. The Balaban J connectivity index is 1.39. The lowest BCUT2D eigenvalue weighted by atomic mass is 9.83. The molecule has 3 atom stereocenters. The second kappa shape index (κ2) is 10.2. The predicted molar refractivity (Wildman–Crippen MR) is 124 cm³/mol. The van der Waals surface area contributed by atoms with Crippen LogP contribution >= 0.6 is 11.8 Å². The van der Waals surface area contributed by atoms with E-state index in [4.69, 9.17) is 0 Å². The van der Waals surface area contributed by atoms with Crippen LogP contribution in [0.1, 0.15) is 69.8 Å². The van der Waals surface area contributed by atoms with Gasteiger partial charge in [-0.2, -0.15) is 0 Å². The zero-order chi connectivity index (χ0) is 21.8. The highest BCUT2D eigenvalue weighted by Gasteiger charge is 2.43. The lowest BCUT2D eigenvalue weighted by Gasteiger charge is -2.44. The molecule has 1 aliphatic heterocycles. The van der Waals surface area contributed by atoms with E-state index in [-0.39, 0.29) is 34.8 Å². The van der Waals surface area contributed by atoms with Gasteiger partial charge in [-0.05, 0) is 44.2 Å². The second-order valence-corrected chi connectivity index (χ2v) is 10.5. The number of nitrogens with zero attached hydrogens (tertiary/aromatic N) is 1. The van der Waals surface area contributed by atoms with E-state index in [0.29, 0.717) is 22.9 Å². The molecule has 1 saturated heterocycles. The third-order valence-corrected chi connectivity index (χ3v) is 8.47. The van der Waals surface area contributed by atoms with Crippen molar-refractivity contribution in [3.05, 3.63) is 40.6 Å². The van der Waals surface area contributed by atoms with Crippen LogP contribution in [0.4, 0.5) is 4.39 Å². The first-order valence-electron chi connectivity index (χ1n) is 11.7. The summed E-state index contributed by atoms with van der Waals surface area (Å²) >= 11 is 1.56. The van der Waals surface area contributed by atoms with E-state index >= 15 is 0 Å². The van der Waals surface area contributed by atoms with Crippen LogP contribution in [0.2, 0.25) is 0 Å². The first kappa shape index (κ1) is 22.4. The summed E-state index contributed by atoms with van der Waals surface area (Å²) in [7, 11) is 1.82. The van der Waals surface area contributed by atoms with E-state index in [1.54, 1.807) is 40.9 Å². The molecule has 1 N–H and O–H groups in total. The van der Waals surface area contributed by atoms with Crippen LogP contribution in [-0.2, 0) is 9.59 Å². The number of hydrogen-bond donors (Lipinski definition) is 1. The molecule has 6 heteroatoms. The number of likely N-dealkylation sites (N-methyl/N-ethyl adjacent to an activating group) is 1. The van der Waals surface area contributed by atoms with Gasteiger partial charge in [0.2, 0.25) is 5.91 Å². The fourth-order valence-electron chi connectivity index (χ4n) is 5.19. The molecule has 2 aliphatic carbocycles. The number of halogens is 1.